The van der Waals surface area contributed by atoms with E-state index in [-0.39, 0.29) is 18.1 Å². The summed E-state index contributed by atoms with van der Waals surface area (Å²) in [5.74, 6) is 1.48. The van der Waals surface area contributed by atoms with Gasteiger partial charge in [-0.3, -0.25) is 9.69 Å². The van der Waals surface area contributed by atoms with Gasteiger partial charge >= 0.3 is 0 Å². The molecule has 1 fully saturated rings. The van der Waals surface area contributed by atoms with Crippen molar-refractivity contribution in [2.45, 2.75) is 32.6 Å². The highest BCUT2D eigenvalue weighted by atomic mass is 35.5. The molecule has 2 heterocycles. The van der Waals surface area contributed by atoms with Crippen LogP contribution in [0.5, 0.6) is 0 Å². The maximum absolute atomic E-state index is 12.2. The van der Waals surface area contributed by atoms with E-state index in [1.807, 2.05) is 50.2 Å². The van der Waals surface area contributed by atoms with Crippen molar-refractivity contribution >= 4 is 17.5 Å². The first kappa shape index (κ1) is 18.0. The predicted octanol–water partition coefficient (Wildman–Crippen LogP) is 3.33. The van der Waals surface area contributed by atoms with Crippen LogP contribution in [0.3, 0.4) is 0 Å². The average molecular weight is 363 g/mol. The van der Waals surface area contributed by atoms with Gasteiger partial charge in [0.15, 0.2) is 0 Å². The molecule has 2 atom stereocenters. The topological polar surface area (TPSA) is 54.7 Å². The monoisotopic (exact) mass is 362 g/mol. The van der Waals surface area contributed by atoms with E-state index in [0.717, 1.165) is 30.2 Å². The minimum absolute atomic E-state index is 0.00857. The fourth-order valence-corrected chi connectivity index (χ4v) is 3.23. The van der Waals surface area contributed by atoms with Crippen molar-refractivity contribution in [2.24, 2.45) is 0 Å². The number of hydrogen-bond acceptors (Lipinski definition) is 4. The summed E-state index contributed by atoms with van der Waals surface area (Å²) in [6, 6.07) is 11.2. The number of nitrogens with one attached hydrogen (secondary N) is 1. The summed E-state index contributed by atoms with van der Waals surface area (Å²) in [6.45, 7) is 6.37. The molecule has 0 unspecified atom stereocenters. The number of carbonyl (C=O) groups is 1. The standard InChI is InChI=1S/C19H23ClN2O3/c1-13-10-22(11-14(2)24-13)12-19(23)21-9-17-7-8-18(25-17)15-3-5-16(20)6-4-15/h3-8,13-14H,9-12H2,1-2H3,(H,21,23)/t13-,14+. The zero-order valence-corrected chi connectivity index (χ0v) is 15.3. The van der Waals surface area contributed by atoms with Gasteiger partial charge in [0.1, 0.15) is 11.5 Å². The highest BCUT2D eigenvalue weighted by Gasteiger charge is 2.23. The minimum atomic E-state index is -0.00857. The molecule has 6 heteroatoms. The average Bonchev–Trinajstić information content (AvgIpc) is 3.01. The van der Waals surface area contributed by atoms with Gasteiger partial charge in [-0.1, -0.05) is 11.6 Å². The maximum atomic E-state index is 12.2. The Balaban J connectivity index is 1.50. The molecule has 0 aliphatic carbocycles. The maximum Gasteiger partial charge on any atom is 0.234 e. The van der Waals surface area contributed by atoms with Gasteiger partial charge < -0.3 is 14.5 Å². The Bertz CT molecular complexity index is 704. The molecule has 0 saturated carbocycles. The molecule has 3 rings (SSSR count). The van der Waals surface area contributed by atoms with Gasteiger partial charge in [0.2, 0.25) is 5.91 Å². The van der Waals surface area contributed by atoms with Gasteiger partial charge in [0, 0.05) is 23.7 Å². The summed E-state index contributed by atoms with van der Waals surface area (Å²) < 4.78 is 11.5. The summed E-state index contributed by atoms with van der Waals surface area (Å²) in [6.07, 6.45) is 0.312. The second-order valence-corrected chi connectivity index (χ2v) is 6.94. The molecule has 1 aromatic heterocycles. The zero-order valence-electron chi connectivity index (χ0n) is 14.5. The van der Waals surface area contributed by atoms with Crippen molar-refractivity contribution in [3.8, 4) is 11.3 Å². The lowest BCUT2D eigenvalue weighted by molar-refractivity contribution is -0.126. The normalized spacial score (nSPS) is 21.2. The predicted molar refractivity (Wildman–Crippen MR) is 97.4 cm³/mol. The molecule has 134 valence electrons. The van der Waals surface area contributed by atoms with Crippen LogP contribution in [0.1, 0.15) is 19.6 Å². The third-order valence-corrected chi connectivity index (χ3v) is 4.36. The Morgan fingerprint density at radius 1 is 1.16 bits per heavy atom. The molecule has 1 saturated heterocycles. The van der Waals surface area contributed by atoms with Crippen LogP contribution in [0.2, 0.25) is 5.02 Å². The number of halogens is 1. The molecule has 1 aromatic carbocycles. The largest absolute Gasteiger partial charge is 0.459 e. The summed E-state index contributed by atoms with van der Waals surface area (Å²) >= 11 is 5.90. The van der Waals surface area contributed by atoms with Crippen LogP contribution in [0.4, 0.5) is 0 Å². The number of morpholine rings is 1. The van der Waals surface area contributed by atoms with Gasteiger partial charge in [0.25, 0.3) is 0 Å². The molecule has 0 radical (unpaired) electrons. The van der Waals surface area contributed by atoms with Crippen LogP contribution in [0.25, 0.3) is 11.3 Å². The number of carbonyl (C=O) groups excluding carboxylic acids is 1. The van der Waals surface area contributed by atoms with E-state index < -0.39 is 0 Å². The molecule has 0 bridgehead atoms. The fourth-order valence-electron chi connectivity index (χ4n) is 3.10. The molecule has 2 aromatic rings. The lowest BCUT2D eigenvalue weighted by atomic mass is 10.2. The van der Waals surface area contributed by atoms with Gasteiger partial charge in [-0.2, -0.15) is 0 Å². The summed E-state index contributed by atoms with van der Waals surface area (Å²) in [4.78, 5) is 14.3. The lowest BCUT2D eigenvalue weighted by Crippen LogP contribution is -2.49. The van der Waals surface area contributed by atoms with E-state index >= 15 is 0 Å². The summed E-state index contributed by atoms with van der Waals surface area (Å²) in [5.41, 5.74) is 0.957. The van der Waals surface area contributed by atoms with Crippen molar-refractivity contribution in [2.75, 3.05) is 19.6 Å². The molecule has 5 nitrogen and oxygen atoms in total. The van der Waals surface area contributed by atoms with Crippen LogP contribution < -0.4 is 5.32 Å². The first-order valence-corrected chi connectivity index (χ1v) is 8.86. The van der Waals surface area contributed by atoms with Crippen LogP contribution >= 0.6 is 11.6 Å². The van der Waals surface area contributed by atoms with Crippen LogP contribution in [-0.4, -0.2) is 42.6 Å². The van der Waals surface area contributed by atoms with E-state index in [1.54, 1.807) is 0 Å². The van der Waals surface area contributed by atoms with E-state index in [2.05, 4.69) is 10.2 Å². The zero-order chi connectivity index (χ0) is 17.8. The Hall–Kier alpha value is -1.82. The second-order valence-electron chi connectivity index (χ2n) is 6.50. The van der Waals surface area contributed by atoms with Gasteiger partial charge in [0.05, 0.1) is 25.3 Å². The molecular weight excluding hydrogens is 340 g/mol. The first-order chi connectivity index (χ1) is 12.0. The number of rotatable bonds is 5. The Morgan fingerprint density at radius 2 is 1.84 bits per heavy atom. The number of amides is 1. The van der Waals surface area contributed by atoms with Crippen molar-refractivity contribution in [1.29, 1.82) is 0 Å². The number of furan rings is 1. The SMILES string of the molecule is C[C@@H]1CN(CC(=O)NCc2ccc(-c3ccc(Cl)cc3)o2)C[C@H](C)O1. The van der Waals surface area contributed by atoms with Crippen molar-refractivity contribution in [1.82, 2.24) is 10.2 Å². The minimum Gasteiger partial charge on any atom is -0.459 e. The molecule has 1 N–H and O–H groups in total. The Morgan fingerprint density at radius 3 is 2.52 bits per heavy atom. The Labute approximate surface area is 152 Å². The third-order valence-electron chi connectivity index (χ3n) is 4.11. The van der Waals surface area contributed by atoms with Crippen molar-refractivity contribution in [3.05, 3.63) is 47.2 Å². The van der Waals surface area contributed by atoms with Crippen molar-refractivity contribution in [3.63, 3.8) is 0 Å². The number of ether oxygens (including phenoxy) is 1. The van der Waals surface area contributed by atoms with Crippen LogP contribution in [0, 0.1) is 0 Å². The fraction of sp³-hybridized carbons (Fsp3) is 0.421. The quantitative estimate of drug-likeness (QED) is 0.886. The lowest BCUT2D eigenvalue weighted by Gasteiger charge is -2.34. The molecule has 1 aliphatic rings. The molecule has 25 heavy (non-hydrogen) atoms. The Kier molecular flexibility index (Phi) is 5.78. The van der Waals surface area contributed by atoms with E-state index in [4.69, 9.17) is 20.8 Å². The first-order valence-electron chi connectivity index (χ1n) is 8.49. The second kappa shape index (κ2) is 8.04. The molecular formula is C19H23ClN2O3. The van der Waals surface area contributed by atoms with Gasteiger partial charge in [-0.15, -0.1) is 0 Å². The third kappa shape index (κ3) is 5.08. The molecule has 1 amide bonds. The number of benzene rings is 1. The van der Waals surface area contributed by atoms with Gasteiger partial charge in [-0.05, 0) is 50.2 Å². The van der Waals surface area contributed by atoms with Crippen molar-refractivity contribution < 1.29 is 13.9 Å². The molecule has 1 aliphatic heterocycles. The highest BCUT2D eigenvalue weighted by Crippen LogP contribution is 2.23. The summed E-state index contributed by atoms with van der Waals surface area (Å²) in [5, 5.41) is 3.60. The van der Waals surface area contributed by atoms with Gasteiger partial charge in [-0.25, -0.2) is 0 Å². The number of hydrogen-bond donors (Lipinski definition) is 1. The van der Waals surface area contributed by atoms with E-state index in [9.17, 15) is 4.79 Å². The molecule has 0 spiro atoms. The highest BCUT2D eigenvalue weighted by molar-refractivity contribution is 6.30. The smallest absolute Gasteiger partial charge is 0.234 e. The summed E-state index contributed by atoms with van der Waals surface area (Å²) in [7, 11) is 0. The van der Waals surface area contributed by atoms with Crippen LogP contribution in [-0.2, 0) is 16.1 Å². The van der Waals surface area contributed by atoms with E-state index in [1.165, 1.54) is 0 Å². The van der Waals surface area contributed by atoms with E-state index in [0.29, 0.717) is 18.1 Å². The van der Waals surface area contributed by atoms with Crippen LogP contribution in [0.15, 0.2) is 40.8 Å². The number of nitrogens with zero attached hydrogens (tertiary/aromatic N) is 1.